The second kappa shape index (κ2) is 11.6. The number of benzene rings is 2. The predicted molar refractivity (Wildman–Crippen MR) is 158 cm³/mol. The van der Waals surface area contributed by atoms with Crippen LogP contribution in [0.5, 0.6) is 11.5 Å². The van der Waals surface area contributed by atoms with Gasteiger partial charge in [0.15, 0.2) is 29.7 Å². The quantitative estimate of drug-likeness (QED) is 0.386. The zero-order chi connectivity index (χ0) is 28.6. The van der Waals surface area contributed by atoms with Crippen LogP contribution >= 0.6 is 15.9 Å². The summed E-state index contributed by atoms with van der Waals surface area (Å²) >= 11 is 3.62. The standard InChI is InChI=1S/C32H35BrN2O5/c1-5-35-23-8-6-10-25(36)30(23)29(31-24(35)9-7-11-26(31)37)20-15-22(33)32(27(16-20)39-4)40-17-28(38)34-21-13-12-18(2)19(3)14-21/h12-16,29H,5-11,17H2,1-4H3,(H,34,38). The molecule has 7 nitrogen and oxygen atoms in total. The Balaban J connectivity index is 1.47. The molecule has 0 saturated carbocycles. The van der Waals surface area contributed by atoms with Gasteiger partial charge in [0.25, 0.3) is 5.91 Å². The molecule has 0 aromatic heterocycles. The fraction of sp³-hybridized carbons (Fsp3) is 0.406. The topological polar surface area (TPSA) is 84.9 Å². The highest BCUT2D eigenvalue weighted by Crippen LogP contribution is 2.51. The van der Waals surface area contributed by atoms with Crippen molar-refractivity contribution in [2.45, 2.75) is 65.2 Å². The van der Waals surface area contributed by atoms with E-state index < -0.39 is 5.92 Å². The van der Waals surface area contributed by atoms with Gasteiger partial charge in [-0.05, 0) is 103 Å². The molecule has 0 unspecified atom stereocenters. The molecule has 40 heavy (non-hydrogen) atoms. The maximum Gasteiger partial charge on any atom is 0.262 e. The minimum Gasteiger partial charge on any atom is -0.493 e. The van der Waals surface area contributed by atoms with E-state index in [1.54, 1.807) is 7.11 Å². The van der Waals surface area contributed by atoms with Crippen LogP contribution in [0.15, 0.2) is 57.3 Å². The Morgan fingerprint density at radius 2 is 1.62 bits per heavy atom. The molecule has 1 N–H and O–H groups in total. The van der Waals surface area contributed by atoms with Crippen molar-refractivity contribution >= 4 is 39.1 Å². The summed E-state index contributed by atoms with van der Waals surface area (Å²) in [5.74, 6) is 0.290. The summed E-state index contributed by atoms with van der Waals surface area (Å²) in [6, 6.07) is 9.48. The summed E-state index contributed by atoms with van der Waals surface area (Å²) in [7, 11) is 1.54. The number of ether oxygens (including phenoxy) is 2. The van der Waals surface area contributed by atoms with Crippen LogP contribution in [0.4, 0.5) is 5.69 Å². The largest absolute Gasteiger partial charge is 0.493 e. The number of nitrogens with zero attached hydrogens (tertiary/aromatic N) is 1. The summed E-state index contributed by atoms with van der Waals surface area (Å²) < 4.78 is 12.2. The number of rotatable bonds is 7. The van der Waals surface area contributed by atoms with Crippen molar-refractivity contribution in [2.75, 3.05) is 25.6 Å². The number of anilines is 1. The average molecular weight is 608 g/mol. The molecule has 0 saturated heterocycles. The first kappa shape index (κ1) is 28.1. The van der Waals surface area contributed by atoms with Gasteiger partial charge < -0.3 is 19.7 Å². The van der Waals surface area contributed by atoms with Gasteiger partial charge in [0.05, 0.1) is 11.6 Å². The van der Waals surface area contributed by atoms with Crippen LogP contribution in [-0.4, -0.2) is 42.6 Å². The molecule has 0 atom stereocenters. The molecule has 1 heterocycles. The summed E-state index contributed by atoms with van der Waals surface area (Å²) in [4.78, 5) is 41.7. The maximum absolute atomic E-state index is 13.4. The van der Waals surface area contributed by atoms with Crippen LogP contribution in [-0.2, 0) is 14.4 Å². The fourth-order valence-corrected chi connectivity index (χ4v) is 6.71. The van der Waals surface area contributed by atoms with Gasteiger partial charge in [-0.3, -0.25) is 14.4 Å². The smallest absolute Gasteiger partial charge is 0.262 e. The van der Waals surface area contributed by atoms with Gasteiger partial charge in [-0.2, -0.15) is 0 Å². The third-order valence-electron chi connectivity index (χ3n) is 8.13. The Morgan fingerprint density at radius 3 is 2.20 bits per heavy atom. The Morgan fingerprint density at radius 1 is 0.975 bits per heavy atom. The van der Waals surface area contributed by atoms with Crippen LogP contribution in [0.2, 0.25) is 0 Å². The number of amides is 1. The SMILES string of the molecule is CCN1C2=C(C(=O)CCC2)C(c2cc(Br)c(OCC(=O)Nc3ccc(C)c(C)c3)c(OC)c2)C2=C1CCCC2=O. The summed E-state index contributed by atoms with van der Waals surface area (Å²) in [5, 5.41) is 2.87. The molecule has 8 heteroatoms. The molecule has 0 spiro atoms. The lowest BCUT2D eigenvalue weighted by molar-refractivity contribution is -0.118. The van der Waals surface area contributed by atoms with E-state index in [1.165, 1.54) is 0 Å². The molecule has 5 rings (SSSR count). The Bertz CT molecular complexity index is 1410. The number of ketones is 2. The van der Waals surface area contributed by atoms with Crippen molar-refractivity contribution in [3.8, 4) is 11.5 Å². The van der Waals surface area contributed by atoms with E-state index >= 15 is 0 Å². The molecule has 2 aromatic carbocycles. The first-order chi connectivity index (χ1) is 19.2. The number of aryl methyl sites for hydroxylation is 2. The van der Waals surface area contributed by atoms with Gasteiger partial charge in [0.1, 0.15) is 0 Å². The first-order valence-electron chi connectivity index (χ1n) is 13.9. The fourth-order valence-electron chi connectivity index (χ4n) is 6.13. The number of carbonyl (C=O) groups is 3. The number of nitrogens with one attached hydrogen (secondary N) is 1. The molecular weight excluding hydrogens is 572 g/mol. The van der Waals surface area contributed by atoms with Gasteiger partial charge in [0, 0.05) is 53.5 Å². The number of methoxy groups -OCH3 is 1. The summed E-state index contributed by atoms with van der Waals surface area (Å²) in [6.45, 7) is 6.62. The highest BCUT2D eigenvalue weighted by atomic mass is 79.9. The molecule has 1 amide bonds. The minimum atomic E-state index is -0.444. The van der Waals surface area contributed by atoms with E-state index in [1.807, 2.05) is 44.2 Å². The molecule has 2 aromatic rings. The van der Waals surface area contributed by atoms with E-state index in [-0.39, 0.29) is 24.1 Å². The Hall–Kier alpha value is -3.39. The first-order valence-corrected chi connectivity index (χ1v) is 14.7. The van der Waals surface area contributed by atoms with Gasteiger partial charge in [-0.15, -0.1) is 0 Å². The number of Topliss-reactive ketones (excluding diaryl/α,β-unsaturated/α-hetero) is 2. The van der Waals surface area contributed by atoms with Crippen molar-refractivity contribution in [3.63, 3.8) is 0 Å². The van der Waals surface area contributed by atoms with Crippen LogP contribution in [0.25, 0.3) is 0 Å². The van der Waals surface area contributed by atoms with Gasteiger partial charge >= 0.3 is 0 Å². The molecule has 3 aliphatic rings. The lowest BCUT2D eigenvalue weighted by Gasteiger charge is -2.43. The summed E-state index contributed by atoms with van der Waals surface area (Å²) in [5.41, 5.74) is 7.32. The van der Waals surface area contributed by atoms with Gasteiger partial charge in [-0.25, -0.2) is 0 Å². The normalized spacial score (nSPS) is 17.6. The van der Waals surface area contributed by atoms with Crippen LogP contribution in [0, 0.1) is 13.8 Å². The van der Waals surface area contributed by atoms with Crippen LogP contribution < -0.4 is 14.8 Å². The highest BCUT2D eigenvalue weighted by Gasteiger charge is 2.43. The lowest BCUT2D eigenvalue weighted by atomic mass is 9.71. The number of halogens is 1. The molecule has 210 valence electrons. The highest BCUT2D eigenvalue weighted by molar-refractivity contribution is 9.10. The van der Waals surface area contributed by atoms with Crippen LogP contribution in [0.1, 0.15) is 68.1 Å². The Kier molecular flexibility index (Phi) is 8.17. The Labute approximate surface area is 243 Å². The minimum absolute atomic E-state index is 0.105. The molecule has 1 aliphatic heterocycles. The second-order valence-electron chi connectivity index (χ2n) is 10.6. The second-order valence-corrected chi connectivity index (χ2v) is 11.5. The maximum atomic E-state index is 13.4. The van der Waals surface area contributed by atoms with E-state index in [4.69, 9.17) is 9.47 Å². The third-order valence-corrected chi connectivity index (χ3v) is 8.72. The van der Waals surface area contributed by atoms with E-state index in [0.29, 0.717) is 34.5 Å². The molecular formula is C32H35BrN2O5. The van der Waals surface area contributed by atoms with E-state index in [9.17, 15) is 14.4 Å². The monoisotopic (exact) mass is 606 g/mol. The van der Waals surface area contributed by atoms with Crippen molar-refractivity contribution < 1.29 is 23.9 Å². The van der Waals surface area contributed by atoms with Crippen molar-refractivity contribution in [1.29, 1.82) is 0 Å². The number of allylic oxidation sites excluding steroid dienone is 4. The zero-order valence-corrected chi connectivity index (χ0v) is 25.1. The zero-order valence-electron chi connectivity index (χ0n) is 23.5. The van der Waals surface area contributed by atoms with Crippen LogP contribution in [0.3, 0.4) is 0 Å². The lowest BCUT2D eigenvalue weighted by Crippen LogP contribution is -2.39. The number of hydrogen-bond acceptors (Lipinski definition) is 6. The molecule has 2 aliphatic carbocycles. The van der Waals surface area contributed by atoms with Gasteiger partial charge in [-0.1, -0.05) is 6.07 Å². The van der Waals surface area contributed by atoms with E-state index in [0.717, 1.165) is 71.5 Å². The number of hydrogen-bond donors (Lipinski definition) is 1. The molecule has 0 fully saturated rings. The average Bonchev–Trinajstić information content (AvgIpc) is 2.93. The molecule has 0 bridgehead atoms. The van der Waals surface area contributed by atoms with Crippen molar-refractivity contribution in [3.05, 3.63) is 74.0 Å². The third kappa shape index (κ3) is 5.21. The molecule has 0 radical (unpaired) electrons. The summed E-state index contributed by atoms with van der Waals surface area (Å²) in [6.07, 6.45) is 4.26. The van der Waals surface area contributed by atoms with E-state index in [2.05, 4.69) is 33.1 Å². The number of carbonyl (C=O) groups excluding carboxylic acids is 3. The predicted octanol–water partition coefficient (Wildman–Crippen LogP) is 6.53. The van der Waals surface area contributed by atoms with Gasteiger partial charge in [0.2, 0.25) is 0 Å². The van der Waals surface area contributed by atoms with Crippen molar-refractivity contribution in [2.24, 2.45) is 0 Å². The van der Waals surface area contributed by atoms with Crippen molar-refractivity contribution in [1.82, 2.24) is 4.90 Å².